The van der Waals surface area contributed by atoms with Gasteiger partial charge in [0.25, 0.3) is 0 Å². The summed E-state index contributed by atoms with van der Waals surface area (Å²) < 4.78 is 0. The number of carboxylic acids is 1. The minimum atomic E-state index is -1.13. The maximum Gasteiger partial charge on any atom is 1.00 e. The third kappa shape index (κ3) is 2.56. The Labute approximate surface area is 80.9 Å². The predicted octanol–water partition coefficient (Wildman–Crippen LogP) is -5.54. The van der Waals surface area contributed by atoms with Crippen molar-refractivity contribution in [3.8, 4) is 0 Å². The van der Waals surface area contributed by atoms with Gasteiger partial charge in [-0.25, -0.2) is 0 Å². The van der Waals surface area contributed by atoms with Crippen LogP contribution in [0.15, 0.2) is 0 Å². The van der Waals surface area contributed by atoms with Crippen molar-refractivity contribution in [1.82, 2.24) is 5.32 Å². The standard InChI is InChI=1S/C5H9NO3.Na/c7-3-1-4(5(8)9)6-2-3;/h3-4,6-7H,1-2H2,(H,8,9);/q;+1/p-1. The summed E-state index contributed by atoms with van der Waals surface area (Å²) in [6.45, 7) is 0.360. The summed E-state index contributed by atoms with van der Waals surface area (Å²) in [5, 5.41) is 21.5. The summed E-state index contributed by atoms with van der Waals surface area (Å²) in [5.74, 6) is -1.13. The van der Waals surface area contributed by atoms with Gasteiger partial charge in [0.1, 0.15) is 0 Å². The van der Waals surface area contributed by atoms with Crippen LogP contribution in [-0.4, -0.2) is 29.8 Å². The largest absolute Gasteiger partial charge is 1.00 e. The Balaban J connectivity index is 0.000000810. The van der Waals surface area contributed by atoms with E-state index in [0.717, 1.165) is 0 Å². The zero-order valence-electron chi connectivity index (χ0n) is 5.83. The van der Waals surface area contributed by atoms with Crippen LogP contribution in [0.5, 0.6) is 0 Å². The molecule has 1 heterocycles. The van der Waals surface area contributed by atoms with E-state index in [1.165, 1.54) is 0 Å². The molecule has 0 amide bonds. The van der Waals surface area contributed by atoms with Crippen LogP contribution >= 0.6 is 0 Å². The van der Waals surface area contributed by atoms with Crippen molar-refractivity contribution >= 4 is 5.97 Å². The smallest absolute Gasteiger partial charge is 0.548 e. The molecule has 1 aliphatic rings. The molecule has 1 saturated heterocycles. The van der Waals surface area contributed by atoms with Gasteiger partial charge in [-0.1, -0.05) is 0 Å². The molecule has 10 heavy (non-hydrogen) atoms. The molecule has 1 rings (SSSR count). The molecule has 2 unspecified atom stereocenters. The molecule has 0 aromatic rings. The summed E-state index contributed by atoms with van der Waals surface area (Å²) in [5.41, 5.74) is 0. The molecule has 0 aromatic heterocycles. The van der Waals surface area contributed by atoms with Gasteiger partial charge in [0.2, 0.25) is 0 Å². The predicted molar refractivity (Wildman–Crippen MR) is 27.4 cm³/mol. The minimum absolute atomic E-state index is 0. The fraction of sp³-hybridized carbons (Fsp3) is 0.800. The zero-order valence-corrected chi connectivity index (χ0v) is 7.83. The molecule has 1 aliphatic heterocycles. The fourth-order valence-electron chi connectivity index (χ4n) is 0.897. The van der Waals surface area contributed by atoms with Crippen LogP contribution in [-0.2, 0) is 4.79 Å². The molecule has 2 atom stereocenters. The second kappa shape index (κ2) is 4.31. The van der Waals surface area contributed by atoms with Crippen molar-refractivity contribution < 1.29 is 44.6 Å². The average molecular weight is 153 g/mol. The van der Waals surface area contributed by atoms with Crippen LogP contribution in [0.25, 0.3) is 0 Å². The summed E-state index contributed by atoms with van der Waals surface area (Å²) in [6.07, 6.45) is -0.254. The van der Waals surface area contributed by atoms with Gasteiger partial charge in [-0.05, 0) is 6.42 Å². The van der Waals surface area contributed by atoms with Crippen molar-refractivity contribution in [3.63, 3.8) is 0 Å². The summed E-state index contributed by atoms with van der Waals surface area (Å²) in [6, 6.07) is -0.653. The van der Waals surface area contributed by atoms with Gasteiger partial charge >= 0.3 is 29.6 Å². The van der Waals surface area contributed by atoms with Gasteiger partial charge in [0, 0.05) is 12.6 Å². The number of carboxylic acid groups (broad SMARTS) is 1. The molecule has 0 aromatic carbocycles. The van der Waals surface area contributed by atoms with E-state index in [2.05, 4.69) is 5.32 Å². The van der Waals surface area contributed by atoms with E-state index in [-0.39, 0.29) is 36.0 Å². The van der Waals surface area contributed by atoms with E-state index < -0.39 is 18.1 Å². The first-order chi connectivity index (χ1) is 4.20. The SMILES string of the molecule is O=C([O-])C1CC(O)CN1.[Na+]. The molecule has 4 nitrogen and oxygen atoms in total. The Morgan fingerprint density at radius 2 is 2.30 bits per heavy atom. The first-order valence-corrected chi connectivity index (χ1v) is 2.82. The molecule has 52 valence electrons. The molecule has 1 fully saturated rings. The van der Waals surface area contributed by atoms with E-state index in [1.807, 2.05) is 0 Å². The van der Waals surface area contributed by atoms with E-state index >= 15 is 0 Å². The molecule has 0 aliphatic carbocycles. The molecule has 0 radical (unpaired) electrons. The molecular formula is C5H8NNaO3. The van der Waals surface area contributed by atoms with Crippen molar-refractivity contribution in [2.75, 3.05) is 6.54 Å². The first-order valence-electron chi connectivity index (χ1n) is 2.82. The quantitative estimate of drug-likeness (QED) is 0.368. The van der Waals surface area contributed by atoms with Crippen LogP contribution in [0, 0.1) is 0 Å². The van der Waals surface area contributed by atoms with Gasteiger partial charge in [-0.2, -0.15) is 0 Å². The van der Waals surface area contributed by atoms with E-state index in [1.54, 1.807) is 0 Å². The Morgan fingerprint density at radius 1 is 1.70 bits per heavy atom. The molecule has 2 N–H and O–H groups in total. The number of aliphatic carboxylic acids is 1. The second-order valence-electron chi connectivity index (χ2n) is 2.17. The summed E-state index contributed by atoms with van der Waals surface area (Å²) >= 11 is 0. The number of carbonyl (C=O) groups excluding carboxylic acids is 1. The molecular weight excluding hydrogens is 145 g/mol. The molecule has 5 heteroatoms. The zero-order chi connectivity index (χ0) is 6.85. The van der Waals surface area contributed by atoms with E-state index in [0.29, 0.717) is 6.54 Å². The Bertz CT molecular complexity index is 130. The maximum absolute atomic E-state index is 10.1. The number of carbonyl (C=O) groups is 1. The molecule has 0 bridgehead atoms. The Morgan fingerprint density at radius 3 is 2.50 bits per heavy atom. The number of rotatable bonds is 1. The Hall–Kier alpha value is 0.390. The van der Waals surface area contributed by atoms with Gasteiger partial charge in [0.15, 0.2) is 0 Å². The monoisotopic (exact) mass is 153 g/mol. The average Bonchev–Trinajstić information content (AvgIpc) is 2.14. The van der Waals surface area contributed by atoms with Crippen molar-refractivity contribution in [3.05, 3.63) is 0 Å². The van der Waals surface area contributed by atoms with Crippen molar-refractivity contribution in [2.24, 2.45) is 0 Å². The number of aliphatic hydroxyl groups is 1. The number of hydrogen-bond donors (Lipinski definition) is 2. The molecule has 0 spiro atoms. The van der Waals surface area contributed by atoms with Crippen molar-refractivity contribution in [1.29, 1.82) is 0 Å². The second-order valence-corrected chi connectivity index (χ2v) is 2.17. The maximum atomic E-state index is 10.1. The van der Waals surface area contributed by atoms with Crippen LogP contribution in [0.3, 0.4) is 0 Å². The van der Waals surface area contributed by atoms with Crippen molar-refractivity contribution in [2.45, 2.75) is 18.6 Å². The van der Waals surface area contributed by atoms with Gasteiger partial charge < -0.3 is 20.3 Å². The van der Waals surface area contributed by atoms with Gasteiger partial charge in [-0.15, -0.1) is 0 Å². The third-order valence-electron chi connectivity index (χ3n) is 1.39. The summed E-state index contributed by atoms with van der Waals surface area (Å²) in [7, 11) is 0. The van der Waals surface area contributed by atoms with Crippen LogP contribution in [0.1, 0.15) is 6.42 Å². The number of β-amino-alcohol motifs (C(OH)–C–C–N with tert-alkyl or cyclic N) is 1. The molecule has 0 saturated carbocycles. The van der Waals surface area contributed by atoms with E-state index in [9.17, 15) is 9.90 Å². The fourth-order valence-corrected chi connectivity index (χ4v) is 0.897. The topological polar surface area (TPSA) is 72.4 Å². The third-order valence-corrected chi connectivity index (χ3v) is 1.39. The van der Waals surface area contributed by atoms with Gasteiger partial charge in [0.05, 0.1) is 12.1 Å². The normalized spacial score (nSPS) is 31.3. The van der Waals surface area contributed by atoms with Crippen LogP contribution in [0.4, 0.5) is 0 Å². The Kier molecular flexibility index (Phi) is 4.47. The number of nitrogens with one attached hydrogen (secondary N) is 1. The summed E-state index contributed by atoms with van der Waals surface area (Å²) in [4.78, 5) is 10.1. The minimum Gasteiger partial charge on any atom is -0.548 e. The van der Waals surface area contributed by atoms with Crippen LogP contribution in [0.2, 0.25) is 0 Å². The number of hydrogen-bond acceptors (Lipinski definition) is 4. The first kappa shape index (κ1) is 10.4. The van der Waals surface area contributed by atoms with E-state index in [4.69, 9.17) is 5.11 Å². The number of aliphatic hydroxyl groups excluding tert-OH is 1. The van der Waals surface area contributed by atoms with Gasteiger partial charge in [-0.3, -0.25) is 0 Å². The van der Waals surface area contributed by atoms with Crippen LogP contribution < -0.4 is 40.0 Å².